The van der Waals surface area contributed by atoms with Crippen molar-refractivity contribution in [1.82, 2.24) is 0 Å². The molecule has 1 heterocycles. The van der Waals surface area contributed by atoms with Crippen LogP contribution in [0.15, 0.2) is 78.4 Å². The lowest BCUT2D eigenvalue weighted by Crippen LogP contribution is -2.29. The van der Waals surface area contributed by atoms with Crippen molar-refractivity contribution in [2.75, 3.05) is 30.5 Å². The molecule has 1 unspecified atom stereocenters. The number of halogens is 1. The fourth-order valence-corrected chi connectivity index (χ4v) is 4.00. The second kappa shape index (κ2) is 9.39. The molecule has 1 N–H and O–H groups in total. The standard InChI is InChI=1S/C27H25FN2O4/c1-4-34-22-15-13-21(14-16-22)30-24(17-7-11-20(12-8-17)29(2)3)23(26(32)27(30)33)25(31)18-5-9-19(28)10-6-18/h5-16,24,31H,4H2,1-3H3/b25-23-. The first kappa shape index (κ1) is 23.0. The van der Waals surface area contributed by atoms with Crippen LogP contribution in [0, 0.1) is 5.82 Å². The van der Waals surface area contributed by atoms with Crippen molar-refractivity contribution in [3.63, 3.8) is 0 Å². The maximum atomic E-state index is 13.4. The molecule has 1 aliphatic rings. The van der Waals surface area contributed by atoms with Crippen molar-refractivity contribution in [3.05, 3.63) is 95.3 Å². The van der Waals surface area contributed by atoms with Crippen LogP contribution < -0.4 is 14.5 Å². The van der Waals surface area contributed by atoms with Crippen molar-refractivity contribution in [2.24, 2.45) is 0 Å². The van der Waals surface area contributed by atoms with E-state index in [1.807, 2.05) is 50.2 Å². The van der Waals surface area contributed by atoms with E-state index in [-0.39, 0.29) is 16.9 Å². The lowest BCUT2D eigenvalue weighted by molar-refractivity contribution is -0.132. The summed E-state index contributed by atoms with van der Waals surface area (Å²) < 4.78 is 18.9. The molecule has 0 bridgehead atoms. The molecule has 0 saturated carbocycles. The number of hydrogen-bond donors (Lipinski definition) is 1. The second-order valence-electron chi connectivity index (χ2n) is 8.09. The fraction of sp³-hybridized carbons (Fsp3) is 0.185. The number of benzene rings is 3. The number of nitrogens with zero attached hydrogens (tertiary/aromatic N) is 2. The third kappa shape index (κ3) is 4.24. The minimum absolute atomic E-state index is 0.0527. The average molecular weight is 461 g/mol. The number of amides is 1. The highest BCUT2D eigenvalue weighted by molar-refractivity contribution is 6.51. The number of rotatable bonds is 6. The maximum absolute atomic E-state index is 13.4. The Morgan fingerprint density at radius 1 is 0.971 bits per heavy atom. The topological polar surface area (TPSA) is 70.1 Å². The van der Waals surface area contributed by atoms with Gasteiger partial charge in [-0.05, 0) is 73.2 Å². The van der Waals surface area contributed by atoms with E-state index in [1.54, 1.807) is 24.3 Å². The van der Waals surface area contributed by atoms with E-state index >= 15 is 0 Å². The number of hydrogen-bond acceptors (Lipinski definition) is 5. The van der Waals surface area contributed by atoms with E-state index in [2.05, 4.69) is 0 Å². The first-order chi connectivity index (χ1) is 16.3. The number of aliphatic hydroxyl groups excluding tert-OH is 1. The summed E-state index contributed by atoms with van der Waals surface area (Å²) in [7, 11) is 3.82. The minimum atomic E-state index is -0.862. The quantitative estimate of drug-likeness (QED) is 0.321. The van der Waals surface area contributed by atoms with Gasteiger partial charge in [-0.2, -0.15) is 0 Å². The van der Waals surface area contributed by atoms with Gasteiger partial charge in [-0.15, -0.1) is 0 Å². The predicted molar refractivity (Wildman–Crippen MR) is 130 cm³/mol. The number of Topliss-reactive ketones (excluding diaryl/α,β-unsaturated/α-hetero) is 1. The van der Waals surface area contributed by atoms with E-state index in [9.17, 15) is 19.1 Å². The Balaban J connectivity index is 1.87. The zero-order valence-corrected chi connectivity index (χ0v) is 19.2. The van der Waals surface area contributed by atoms with Crippen molar-refractivity contribution in [3.8, 4) is 5.75 Å². The molecule has 0 radical (unpaired) electrons. The molecular formula is C27H25FN2O4. The number of ether oxygens (including phenoxy) is 1. The molecule has 1 amide bonds. The third-order valence-corrected chi connectivity index (χ3v) is 5.71. The highest BCUT2D eigenvalue weighted by atomic mass is 19.1. The Morgan fingerprint density at radius 2 is 1.59 bits per heavy atom. The zero-order chi connectivity index (χ0) is 24.4. The predicted octanol–water partition coefficient (Wildman–Crippen LogP) is 4.92. The lowest BCUT2D eigenvalue weighted by atomic mass is 9.95. The van der Waals surface area contributed by atoms with Crippen LogP contribution >= 0.6 is 0 Å². The Labute approximate surface area is 197 Å². The molecule has 0 aliphatic carbocycles. The summed E-state index contributed by atoms with van der Waals surface area (Å²) in [5.41, 5.74) is 2.29. The molecule has 174 valence electrons. The van der Waals surface area contributed by atoms with E-state index in [0.717, 1.165) is 5.69 Å². The normalized spacial score (nSPS) is 17.2. The van der Waals surface area contributed by atoms with Crippen molar-refractivity contribution >= 4 is 28.8 Å². The molecule has 3 aromatic rings. The van der Waals surface area contributed by atoms with Crippen LogP contribution in [0.4, 0.5) is 15.8 Å². The number of ketones is 1. The van der Waals surface area contributed by atoms with E-state index < -0.39 is 23.5 Å². The van der Waals surface area contributed by atoms with Gasteiger partial charge >= 0.3 is 0 Å². The fourth-order valence-electron chi connectivity index (χ4n) is 4.00. The molecule has 34 heavy (non-hydrogen) atoms. The van der Waals surface area contributed by atoms with Gasteiger partial charge < -0.3 is 14.7 Å². The molecule has 3 aromatic carbocycles. The van der Waals surface area contributed by atoms with E-state index in [4.69, 9.17) is 4.74 Å². The SMILES string of the molecule is CCOc1ccc(N2C(=O)C(=O)/C(=C(\O)c3ccc(F)cc3)C2c2ccc(N(C)C)cc2)cc1. The Hall–Kier alpha value is -4.13. The number of anilines is 2. The summed E-state index contributed by atoms with van der Waals surface area (Å²) in [4.78, 5) is 29.7. The first-order valence-electron chi connectivity index (χ1n) is 10.9. The van der Waals surface area contributed by atoms with Gasteiger partial charge in [0.15, 0.2) is 0 Å². The van der Waals surface area contributed by atoms with Gasteiger partial charge in [0.1, 0.15) is 17.3 Å². The molecule has 1 atom stereocenters. The van der Waals surface area contributed by atoms with Crippen LogP contribution in [-0.4, -0.2) is 37.5 Å². The molecule has 0 spiro atoms. The van der Waals surface area contributed by atoms with Crippen LogP contribution in [0.25, 0.3) is 5.76 Å². The highest BCUT2D eigenvalue weighted by Gasteiger charge is 2.47. The molecule has 0 aromatic heterocycles. The third-order valence-electron chi connectivity index (χ3n) is 5.71. The van der Waals surface area contributed by atoms with E-state index in [1.165, 1.54) is 29.2 Å². The van der Waals surface area contributed by atoms with Crippen LogP contribution in [-0.2, 0) is 9.59 Å². The van der Waals surface area contributed by atoms with E-state index in [0.29, 0.717) is 23.6 Å². The van der Waals surface area contributed by atoms with Crippen LogP contribution in [0.1, 0.15) is 24.1 Å². The smallest absolute Gasteiger partial charge is 0.300 e. The Kier molecular flexibility index (Phi) is 6.36. The molecular weight excluding hydrogens is 435 g/mol. The second-order valence-corrected chi connectivity index (χ2v) is 8.09. The molecule has 1 fully saturated rings. The molecule has 6 nitrogen and oxygen atoms in total. The van der Waals surface area contributed by atoms with Crippen LogP contribution in [0.5, 0.6) is 5.75 Å². The Morgan fingerprint density at radius 3 is 2.15 bits per heavy atom. The van der Waals surface area contributed by atoms with Gasteiger partial charge in [-0.3, -0.25) is 14.5 Å². The minimum Gasteiger partial charge on any atom is -0.507 e. The summed E-state index contributed by atoms with van der Waals surface area (Å²) >= 11 is 0. The molecule has 7 heteroatoms. The van der Waals surface area contributed by atoms with Gasteiger partial charge in [-0.1, -0.05) is 12.1 Å². The van der Waals surface area contributed by atoms with Crippen molar-refractivity contribution in [2.45, 2.75) is 13.0 Å². The summed E-state index contributed by atoms with van der Waals surface area (Å²) in [5, 5.41) is 11.1. The van der Waals surface area contributed by atoms with Crippen LogP contribution in [0.2, 0.25) is 0 Å². The summed E-state index contributed by atoms with van der Waals surface area (Å²) in [6.07, 6.45) is 0. The zero-order valence-electron chi connectivity index (χ0n) is 19.2. The maximum Gasteiger partial charge on any atom is 0.300 e. The molecule has 4 rings (SSSR count). The average Bonchev–Trinajstić information content (AvgIpc) is 3.10. The lowest BCUT2D eigenvalue weighted by Gasteiger charge is -2.26. The number of carbonyl (C=O) groups is 2. The van der Waals surface area contributed by atoms with Crippen molar-refractivity contribution in [1.29, 1.82) is 0 Å². The number of carbonyl (C=O) groups excluding carboxylic acids is 2. The van der Waals surface area contributed by atoms with Gasteiger partial charge in [0.05, 0.1) is 18.2 Å². The van der Waals surface area contributed by atoms with Gasteiger partial charge in [-0.25, -0.2) is 4.39 Å². The first-order valence-corrected chi connectivity index (χ1v) is 10.9. The highest BCUT2D eigenvalue weighted by Crippen LogP contribution is 2.42. The summed E-state index contributed by atoms with van der Waals surface area (Å²) in [6, 6.07) is 18.5. The van der Waals surface area contributed by atoms with Gasteiger partial charge in [0, 0.05) is 31.0 Å². The largest absolute Gasteiger partial charge is 0.507 e. The summed E-state index contributed by atoms with van der Waals surface area (Å²) in [5.74, 6) is -1.75. The Bertz CT molecular complexity index is 1230. The van der Waals surface area contributed by atoms with Gasteiger partial charge in [0.2, 0.25) is 0 Å². The van der Waals surface area contributed by atoms with Crippen LogP contribution in [0.3, 0.4) is 0 Å². The monoisotopic (exact) mass is 460 g/mol. The summed E-state index contributed by atoms with van der Waals surface area (Å²) in [6.45, 7) is 2.37. The number of aliphatic hydroxyl groups is 1. The molecule has 1 aliphatic heterocycles. The molecule has 1 saturated heterocycles. The van der Waals surface area contributed by atoms with Gasteiger partial charge in [0.25, 0.3) is 11.7 Å². The van der Waals surface area contributed by atoms with Crippen molar-refractivity contribution < 1.29 is 23.8 Å².